The summed E-state index contributed by atoms with van der Waals surface area (Å²) in [6.07, 6.45) is 1.07. The summed E-state index contributed by atoms with van der Waals surface area (Å²) in [7, 11) is -0.987. The van der Waals surface area contributed by atoms with Crippen LogP contribution in [0.25, 0.3) is 0 Å². The summed E-state index contributed by atoms with van der Waals surface area (Å²) in [6, 6.07) is 0.121. The first kappa shape index (κ1) is 16.2. The van der Waals surface area contributed by atoms with Crippen molar-refractivity contribution in [1.82, 2.24) is 4.90 Å². The van der Waals surface area contributed by atoms with Crippen LogP contribution in [0.4, 0.5) is 0 Å². The number of nitrogens with two attached hydrogens (primary N) is 1. The molecule has 0 saturated heterocycles. The topological polar surface area (TPSA) is 96.0 Å². The maximum atomic E-state index is 11.3. The van der Waals surface area contributed by atoms with Crippen LogP contribution in [-0.4, -0.2) is 55.5 Å². The second kappa shape index (κ2) is 7.50. The molecule has 17 heavy (non-hydrogen) atoms. The molecule has 1 unspecified atom stereocenters. The van der Waals surface area contributed by atoms with Crippen LogP contribution >= 0.6 is 0 Å². The third kappa shape index (κ3) is 7.17. The summed E-state index contributed by atoms with van der Waals surface area (Å²) in [5.41, 5.74) is 5.41. The molecule has 0 aliphatic heterocycles. The van der Waals surface area contributed by atoms with Gasteiger partial charge in [0.05, 0.1) is 5.75 Å². The van der Waals surface area contributed by atoms with Crippen molar-refractivity contribution in [2.45, 2.75) is 32.7 Å². The summed E-state index contributed by atoms with van der Waals surface area (Å²) < 4.78 is 22.6. The van der Waals surface area contributed by atoms with Crippen LogP contribution in [0.3, 0.4) is 0 Å². The highest BCUT2D eigenvalue weighted by atomic mass is 32.2. The first-order valence-electron chi connectivity index (χ1n) is 5.69. The molecule has 0 saturated carbocycles. The first-order valence-corrected chi connectivity index (χ1v) is 7.51. The second-order valence-corrected chi connectivity index (χ2v) is 6.69. The van der Waals surface area contributed by atoms with E-state index in [-0.39, 0.29) is 23.4 Å². The number of sulfone groups is 1. The standard InChI is InChI=1S/C10H23N3O3S/c1-4-17(15,16)7-5-6-13(3)9(2)8-10(11)12-14/h9,14H,4-8H2,1-3H3,(H2,11,12). The van der Waals surface area contributed by atoms with Crippen LogP contribution in [0, 0.1) is 0 Å². The maximum absolute atomic E-state index is 11.3. The van der Waals surface area contributed by atoms with E-state index in [1.54, 1.807) is 6.92 Å². The van der Waals surface area contributed by atoms with E-state index >= 15 is 0 Å². The van der Waals surface area contributed by atoms with E-state index in [9.17, 15) is 8.42 Å². The molecule has 0 bridgehead atoms. The van der Waals surface area contributed by atoms with E-state index in [0.717, 1.165) is 0 Å². The molecule has 0 aromatic carbocycles. The van der Waals surface area contributed by atoms with Gasteiger partial charge in [0, 0.05) is 18.2 Å². The Morgan fingerprint density at radius 1 is 1.53 bits per heavy atom. The van der Waals surface area contributed by atoms with Crippen molar-refractivity contribution >= 4 is 15.7 Å². The fourth-order valence-electron chi connectivity index (χ4n) is 1.40. The SMILES string of the molecule is CCS(=O)(=O)CCCN(C)C(C)CC(N)=NO. The van der Waals surface area contributed by atoms with E-state index in [0.29, 0.717) is 19.4 Å². The Morgan fingerprint density at radius 3 is 2.59 bits per heavy atom. The summed E-state index contributed by atoms with van der Waals surface area (Å²) in [6.45, 7) is 4.28. The van der Waals surface area contributed by atoms with Crippen molar-refractivity contribution in [1.29, 1.82) is 0 Å². The van der Waals surface area contributed by atoms with E-state index < -0.39 is 9.84 Å². The molecule has 0 heterocycles. The molecule has 0 amide bonds. The minimum absolute atomic E-state index is 0.121. The highest BCUT2D eigenvalue weighted by Gasteiger charge is 2.13. The molecule has 6 nitrogen and oxygen atoms in total. The van der Waals surface area contributed by atoms with E-state index in [1.165, 1.54) is 0 Å². The van der Waals surface area contributed by atoms with Gasteiger partial charge in [-0.25, -0.2) is 8.42 Å². The summed E-state index contributed by atoms with van der Waals surface area (Å²) in [5.74, 6) is 0.589. The fourth-order valence-corrected chi connectivity index (χ4v) is 2.26. The van der Waals surface area contributed by atoms with E-state index in [1.807, 2.05) is 18.9 Å². The normalized spacial score (nSPS) is 15.2. The van der Waals surface area contributed by atoms with Gasteiger partial charge >= 0.3 is 0 Å². The lowest BCUT2D eigenvalue weighted by atomic mass is 10.2. The Hall–Kier alpha value is -0.820. The number of nitrogens with zero attached hydrogens (tertiary/aromatic N) is 2. The van der Waals surface area contributed by atoms with Gasteiger partial charge in [-0.15, -0.1) is 0 Å². The van der Waals surface area contributed by atoms with Crippen molar-refractivity contribution in [3.05, 3.63) is 0 Å². The van der Waals surface area contributed by atoms with Gasteiger partial charge in [0.25, 0.3) is 0 Å². The Balaban J connectivity index is 3.98. The molecular weight excluding hydrogens is 242 g/mol. The van der Waals surface area contributed by atoms with Crippen molar-refractivity contribution in [2.24, 2.45) is 10.9 Å². The van der Waals surface area contributed by atoms with Gasteiger partial charge in [-0.2, -0.15) is 0 Å². The first-order chi connectivity index (χ1) is 7.82. The predicted molar refractivity (Wildman–Crippen MR) is 69.1 cm³/mol. The van der Waals surface area contributed by atoms with Gasteiger partial charge < -0.3 is 15.8 Å². The Kier molecular flexibility index (Phi) is 7.13. The van der Waals surface area contributed by atoms with Crippen LogP contribution in [0.5, 0.6) is 0 Å². The van der Waals surface area contributed by atoms with Gasteiger partial charge in [-0.1, -0.05) is 12.1 Å². The number of hydrogen-bond acceptors (Lipinski definition) is 5. The quantitative estimate of drug-likeness (QED) is 0.284. The maximum Gasteiger partial charge on any atom is 0.150 e. The summed E-state index contributed by atoms with van der Waals surface area (Å²) >= 11 is 0. The molecule has 0 aliphatic rings. The molecule has 0 radical (unpaired) electrons. The highest BCUT2D eigenvalue weighted by Crippen LogP contribution is 2.03. The lowest BCUT2D eigenvalue weighted by Crippen LogP contribution is -2.34. The molecule has 0 aromatic heterocycles. The van der Waals surface area contributed by atoms with Crippen molar-refractivity contribution < 1.29 is 13.6 Å². The van der Waals surface area contributed by atoms with Gasteiger partial charge in [-0.3, -0.25) is 0 Å². The largest absolute Gasteiger partial charge is 0.409 e. The molecule has 0 aliphatic carbocycles. The molecule has 0 rings (SSSR count). The van der Waals surface area contributed by atoms with Crippen LogP contribution < -0.4 is 5.73 Å². The third-order valence-electron chi connectivity index (χ3n) is 2.79. The van der Waals surface area contributed by atoms with Crippen LogP contribution in [-0.2, 0) is 9.84 Å². The third-order valence-corrected chi connectivity index (χ3v) is 4.58. The zero-order chi connectivity index (χ0) is 13.5. The van der Waals surface area contributed by atoms with Crippen molar-refractivity contribution in [3.8, 4) is 0 Å². The molecule has 1 atom stereocenters. The zero-order valence-electron chi connectivity index (χ0n) is 10.8. The average molecular weight is 265 g/mol. The van der Waals surface area contributed by atoms with Crippen LogP contribution in [0.15, 0.2) is 5.16 Å². The van der Waals surface area contributed by atoms with Gasteiger partial charge in [-0.05, 0) is 26.9 Å². The van der Waals surface area contributed by atoms with E-state index in [2.05, 4.69) is 5.16 Å². The van der Waals surface area contributed by atoms with Gasteiger partial charge in [0.1, 0.15) is 15.7 Å². The van der Waals surface area contributed by atoms with Gasteiger partial charge in [0.2, 0.25) is 0 Å². The lowest BCUT2D eigenvalue weighted by Gasteiger charge is -2.23. The minimum atomic E-state index is -2.88. The summed E-state index contributed by atoms with van der Waals surface area (Å²) in [5, 5.41) is 11.4. The number of amidine groups is 1. The van der Waals surface area contributed by atoms with Gasteiger partial charge in [0.15, 0.2) is 0 Å². The predicted octanol–water partition coefficient (Wildman–Crippen LogP) is 0.268. The fraction of sp³-hybridized carbons (Fsp3) is 0.900. The lowest BCUT2D eigenvalue weighted by molar-refractivity contribution is 0.259. The molecule has 102 valence electrons. The zero-order valence-corrected chi connectivity index (χ0v) is 11.6. The van der Waals surface area contributed by atoms with Crippen LogP contribution in [0.1, 0.15) is 26.7 Å². The van der Waals surface area contributed by atoms with Crippen molar-refractivity contribution in [3.63, 3.8) is 0 Å². The Morgan fingerprint density at radius 2 is 2.12 bits per heavy atom. The number of hydrogen-bond donors (Lipinski definition) is 2. The summed E-state index contributed by atoms with van der Waals surface area (Å²) in [4.78, 5) is 2.00. The number of oxime groups is 1. The smallest absolute Gasteiger partial charge is 0.150 e. The molecule has 7 heteroatoms. The molecule has 3 N–H and O–H groups in total. The minimum Gasteiger partial charge on any atom is -0.409 e. The molecule has 0 aromatic rings. The molecule has 0 fully saturated rings. The van der Waals surface area contributed by atoms with Crippen LogP contribution in [0.2, 0.25) is 0 Å². The average Bonchev–Trinajstić information content (AvgIpc) is 2.28. The molecular formula is C10H23N3O3S. The van der Waals surface area contributed by atoms with Crippen molar-refractivity contribution in [2.75, 3.05) is 25.1 Å². The second-order valence-electron chi connectivity index (χ2n) is 4.22. The van der Waals surface area contributed by atoms with E-state index in [4.69, 9.17) is 10.9 Å². The Labute approximate surface area is 103 Å². The highest BCUT2D eigenvalue weighted by molar-refractivity contribution is 7.91. The monoisotopic (exact) mass is 265 g/mol. The number of rotatable bonds is 8. The Bertz CT molecular complexity index is 341. The molecule has 0 spiro atoms.